The second-order valence-electron chi connectivity index (χ2n) is 7.07. The molecule has 1 aliphatic heterocycles. The van der Waals surface area contributed by atoms with Crippen molar-refractivity contribution in [1.82, 2.24) is 14.8 Å². The predicted octanol–water partition coefficient (Wildman–Crippen LogP) is 3.19. The summed E-state index contributed by atoms with van der Waals surface area (Å²) in [5.41, 5.74) is 2.79. The average molecular weight is 363 g/mol. The molecule has 1 N–H and O–H groups in total. The molecular formula is C21H21N3O3. The maximum Gasteiger partial charge on any atom is 0.331 e. The Bertz CT molecular complexity index is 934. The third-order valence-electron chi connectivity index (χ3n) is 5.21. The van der Waals surface area contributed by atoms with Crippen LogP contribution in [0, 0.1) is 6.92 Å². The normalized spacial score (nSPS) is 19.8. The van der Waals surface area contributed by atoms with E-state index in [1.165, 1.54) is 4.90 Å². The van der Waals surface area contributed by atoms with Crippen molar-refractivity contribution in [1.29, 1.82) is 0 Å². The molecule has 138 valence electrons. The molecule has 2 aromatic rings. The largest absolute Gasteiger partial charge is 0.331 e. The Labute approximate surface area is 157 Å². The average Bonchev–Trinajstić information content (AvgIpc) is 3.31. The van der Waals surface area contributed by atoms with Crippen molar-refractivity contribution in [3.63, 3.8) is 0 Å². The molecule has 0 unspecified atom stereocenters. The van der Waals surface area contributed by atoms with E-state index in [1.54, 1.807) is 6.08 Å². The fraction of sp³-hybridized carbons (Fsp3) is 0.286. The lowest BCUT2D eigenvalue weighted by molar-refractivity contribution is -0.131. The van der Waals surface area contributed by atoms with Crippen molar-refractivity contribution in [3.05, 3.63) is 59.4 Å². The summed E-state index contributed by atoms with van der Waals surface area (Å²) in [7, 11) is 0. The minimum Gasteiger partial charge on any atom is -0.317 e. The van der Waals surface area contributed by atoms with Gasteiger partial charge in [0.1, 0.15) is 5.57 Å². The molecule has 2 heterocycles. The van der Waals surface area contributed by atoms with Gasteiger partial charge in [-0.3, -0.25) is 19.8 Å². The van der Waals surface area contributed by atoms with Gasteiger partial charge < -0.3 is 4.57 Å². The first-order chi connectivity index (χ1) is 13.0. The maximum absolute atomic E-state index is 12.9. The molecule has 27 heavy (non-hydrogen) atoms. The summed E-state index contributed by atoms with van der Waals surface area (Å²) in [6, 6.07) is 10.9. The minimum atomic E-state index is -0.643. The first kappa shape index (κ1) is 17.3. The number of carbonyl (C=O) groups excluding carboxylic acids is 3. The van der Waals surface area contributed by atoms with Gasteiger partial charge in [-0.25, -0.2) is 4.79 Å². The third kappa shape index (κ3) is 3.18. The van der Waals surface area contributed by atoms with Crippen molar-refractivity contribution >= 4 is 23.9 Å². The zero-order chi connectivity index (χ0) is 19.0. The van der Waals surface area contributed by atoms with Gasteiger partial charge in [-0.15, -0.1) is 0 Å². The van der Waals surface area contributed by atoms with E-state index >= 15 is 0 Å². The Morgan fingerprint density at radius 3 is 2.44 bits per heavy atom. The highest BCUT2D eigenvalue weighted by atomic mass is 16.2. The second kappa shape index (κ2) is 6.87. The smallest absolute Gasteiger partial charge is 0.317 e. The minimum absolute atomic E-state index is 0.00596. The summed E-state index contributed by atoms with van der Waals surface area (Å²) in [5, 5.41) is 2.32. The van der Waals surface area contributed by atoms with Crippen LogP contribution in [-0.4, -0.2) is 33.4 Å². The number of hydrogen-bond acceptors (Lipinski definition) is 3. The summed E-state index contributed by atoms with van der Waals surface area (Å²) in [6.45, 7) is 2.02. The first-order valence-electron chi connectivity index (χ1n) is 9.19. The molecular weight excluding hydrogens is 342 g/mol. The van der Waals surface area contributed by atoms with Crippen LogP contribution in [0.1, 0.15) is 36.9 Å². The molecule has 0 atom stereocenters. The van der Waals surface area contributed by atoms with Crippen molar-refractivity contribution in [3.8, 4) is 5.69 Å². The number of nitrogens with one attached hydrogen (secondary N) is 1. The number of carbonyl (C=O) groups is 3. The van der Waals surface area contributed by atoms with Crippen molar-refractivity contribution in [2.24, 2.45) is 0 Å². The second-order valence-corrected chi connectivity index (χ2v) is 7.07. The van der Waals surface area contributed by atoms with E-state index in [2.05, 4.69) is 5.32 Å². The van der Waals surface area contributed by atoms with Crippen LogP contribution in [0.5, 0.6) is 0 Å². The van der Waals surface area contributed by atoms with Gasteiger partial charge in [0, 0.05) is 23.6 Å². The van der Waals surface area contributed by atoms with Gasteiger partial charge in [0.25, 0.3) is 11.8 Å². The van der Waals surface area contributed by atoms with E-state index in [0.717, 1.165) is 36.9 Å². The topological polar surface area (TPSA) is 71.4 Å². The molecule has 0 spiro atoms. The molecule has 1 aromatic heterocycles. The molecule has 2 aliphatic rings. The van der Waals surface area contributed by atoms with E-state index in [0.29, 0.717) is 5.69 Å². The Morgan fingerprint density at radius 1 is 1.04 bits per heavy atom. The molecule has 6 nitrogen and oxygen atoms in total. The lowest BCUT2D eigenvalue weighted by Crippen LogP contribution is -2.57. The molecule has 0 radical (unpaired) electrons. The number of aromatic nitrogens is 1. The summed E-state index contributed by atoms with van der Waals surface area (Å²) in [6.07, 6.45) is 7.00. The zero-order valence-electron chi connectivity index (χ0n) is 15.1. The molecule has 6 heteroatoms. The van der Waals surface area contributed by atoms with E-state index in [9.17, 15) is 14.4 Å². The van der Waals surface area contributed by atoms with Crippen LogP contribution in [0.2, 0.25) is 0 Å². The van der Waals surface area contributed by atoms with Crippen LogP contribution >= 0.6 is 0 Å². The first-order valence-corrected chi connectivity index (χ1v) is 9.19. The summed E-state index contributed by atoms with van der Waals surface area (Å²) in [5.74, 6) is -1.15. The Kier molecular flexibility index (Phi) is 4.39. The van der Waals surface area contributed by atoms with Gasteiger partial charge in [0.2, 0.25) is 0 Å². The van der Waals surface area contributed by atoms with E-state index in [4.69, 9.17) is 0 Å². The Morgan fingerprint density at radius 2 is 1.74 bits per heavy atom. The van der Waals surface area contributed by atoms with Crippen LogP contribution < -0.4 is 5.32 Å². The van der Waals surface area contributed by atoms with E-state index in [-0.39, 0.29) is 11.6 Å². The van der Waals surface area contributed by atoms with Gasteiger partial charge in [0.05, 0.1) is 0 Å². The number of urea groups is 1. The monoisotopic (exact) mass is 363 g/mol. The van der Waals surface area contributed by atoms with Crippen LogP contribution in [-0.2, 0) is 9.59 Å². The lowest BCUT2D eigenvalue weighted by atomic mass is 10.1. The van der Waals surface area contributed by atoms with Crippen LogP contribution in [0.25, 0.3) is 11.8 Å². The quantitative estimate of drug-likeness (QED) is 0.672. The zero-order valence-corrected chi connectivity index (χ0v) is 15.1. The summed E-state index contributed by atoms with van der Waals surface area (Å²) in [4.78, 5) is 38.7. The number of barbiturate groups is 1. The van der Waals surface area contributed by atoms with E-state index < -0.39 is 17.8 Å². The van der Waals surface area contributed by atoms with Crippen molar-refractivity contribution in [2.45, 2.75) is 38.6 Å². The molecule has 4 rings (SSSR count). The number of amides is 4. The van der Waals surface area contributed by atoms with Gasteiger partial charge in [-0.2, -0.15) is 0 Å². The van der Waals surface area contributed by atoms with Gasteiger partial charge >= 0.3 is 6.03 Å². The molecule has 2 fully saturated rings. The number of benzene rings is 1. The highest BCUT2D eigenvalue weighted by molar-refractivity contribution is 6.31. The molecule has 0 bridgehead atoms. The van der Waals surface area contributed by atoms with Crippen molar-refractivity contribution < 1.29 is 14.4 Å². The summed E-state index contributed by atoms with van der Waals surface area (Å²) < 4.78 is 1.91. The molecule has 4 amide bonds. The number of imide groups is 2. The van der Waals surface area contributed by atoms with Crippen LogP contribution in [0.15, 0.2) is 48.2 Å². The predicted molar refractivity (Wildman–Crippen MR) is 101 cm³/mol. The maximum atomic E-state index is 12.9. The highest BCUT2D eigenvalue weighted by Gasteiger charge is 2.40. The number of hydrogen-bond donors (Lipinski definition) is 1. The molecule has 1 aliphatic carbocycles. The molecule has 1 saturated carbocycles. The summed E-state index contributed by atoms with van der Waals surface area (Å²) >= 11 is 0. The fourth-order valence-corrected chi connectivity index (χ4v) is 3.77. The fourth-order valence-electron chi connectivity index (χ4n) is 3.77. The molecule has 1 saturated heterocycles. The van der Waals surface area contributed by atoms with Crippen molar-refractivity contribution in [2.75, 3.05) is 0 Å². The Hall–Kier alpha value is -3.15. The van der Waals surface area contributed by atoms with Crippen LogP contribution in [0.4, 0.5) is 4.79 Å². The Balaban J connectivity index is 1.70. The van der Waals surface area contributed by atoms with Gasteiger partial charge in [-0.1, -0.05) is 30.5 Å². The standard InChI is InChI=1S/C21H21N3O3/c1-14-8-10-15(11-9-14)23-12-4-7-17(23)13-18-19(25)22-21(27)24(20(18)26)16-5-2-3-6-16/h4,7-13,16H,2-3,5-6H2,1H3,(H,22,25,27)/b18-13+. The lowest BCUT2D eigenvalue weighted by Gasteiger charge is -2.31. The van der Waals surface area contributed by atoms with E-state index in [1.807, 2.05) is 54.1 Å². The number of nitrogens with zero attached hydrogens (tertiary/aromatic N) is 2. The number of aryl methyl sites for hydroxylation is 1. The van der Waals surface area contributed by atoms with Crippen LogP contribution in [0.3, 0.4) is 0 Å². The SMILES string of the molecule is Cc1ccc(-n2cccc2/C=C2\C(=O)NC(=O)N(C3CCCC3)C2=O)cc1. The van der Waals surface area contributed by atoms with Gasteiger partial charge in [0.15, 0.2) is 0 Å². The number of rotatable bonds is 3. The highest BCUT2D eigenvalue weighted by Crippen LogP contribution is 2.27. The van der Waals surface area contributed by atoms with Gasteiger partial charge in [-0.05, 0) is 50.1 Å². The molecule has 1 aromatic carbocycles. The third-order valence-corrected chi connectivity index (χ3v) is 5.21.